The molecule has 0 spiro atoms. The molecule has 1 N–H and O–H groups in total. The van der Waals surface area contributed by atoms with Gasteiger partial charge in [0.05, 0.1) is 11.4 Å². The first-order valence-corrected chi connectivity index (χ1v) is 7.20. The van der Waals surface area contributed by atoms with Gasteiger partial charge in [-0.15, -0.1) is 11.6 Å². The number of hydrogen-bond donors (Lipinski definition) is 1. The zero-order chi connectivity index (χ0) is 13.5. The first-order chi connectivity index (χ1) is 9.10. The molecule has 1 aromatic rings. The van der Waals surface area contributed by atoms with Gasteiger partial charge >= 0.3 is 0 Å². The third-order valence-electron chi connectivity index (χ3n) is 4.15. The molecule has 1 aromatic carbocycles. The van der Waals surface area contributed by atoms with Crippen LogP contribution in [0.1, 0.15) is 36.9 Å². The first-order valence-electron chi connectivity index (χ1n) is 6.77. The summed E-state index contributed by atoms with van der Waals surface area (Å²) < 4.78 is 5.58. The number of carbonyl (C=O) groups is 1. The third-order valence-corrected chi connectivity index (χ3v) is 4.56. The van der Waals surface area contributed by atoms with E-state index in [1.807, 2.05) is 25.1 Å². The van der Waals surface area contributed by atoms with Crippen LogP contribution in [-0.2, 0) is 16.0 Å². The fourth-order valence-electron chi connectivity index (χ4n) is 2.97. The summed E-state index contributed by atoms with van der Waals surface area (Å²) in [5.74, 6) is -0.0441. The highest BCUT2D eigenvalue weighted by atomic mass is 35.5. The Labute approximate surface area is 118 Å². The van der Waals surface area contributed by atoms with Gasteiger partial charge in [-0.05, 0) is 37.3 Å². The number of benzene rings is 1. The summed E-state index contributed by atoms with van der Waals surface area (Å²) in [5, 5.41) is 2.99. The van der Waals surface area contributed by atoms with E-state index in [9.17, 15) is 4.79 Å². The number of halogens is 1. The van der Waals surface area contributed by atoms with Gasteiger partial charge in [0, 0.05) is 6.61 Å². The van der Waals surface area contributed by atoms with Crippen molar-refractivity contribution < 1.29 is 9.53 Å². The monoisotopic (exact) mass is 279 g/mol. The van der Waals surface area contributed by atoms with Gasteiger partial charge in [0.1, 0.15) is 5.60 Å². The van der Waals surface area contributed by atoms with Crippen molar-refractivity contribution in [2.45, 2.75) is 43.2 Å². The van der Waals surface area contributed by atoms with Crippen LogP contribution in [0.5, 0.6) is 0 Å². The molecule has 1 saturated heterocycles. The Bertz CT molecular complexity index is 497. The summed E-state index contributed by atoms with van der Waals surface area (Å²) in [7, 11) is 0. The van der Waals surface area contributed by atoms with Gasteiger partial charge < -0.3 is 10.1 Å². The van der Waals surface area contributed by atoms with Gasteiger partial charge in [0.15, 0.2) is 0 Å². The van der Waals surface area contributed by atoms with Crippen LogP contribution in [-0.4, -0.2) is 23.5 Å². The van der Waals surface area contributed by atoms with Crippen LogP contribution in [0, 0.1) is 0 Å². The average molecular weight is 280 g/mol. The zero-order valence-corrected chi connectivity index (χ0v) is 11.7. The predicted molar refractivity (Wildman–Crippen MR) is 74.3 cm³/mol. The maximum absolute atomic E-state index is 12.4. The summed E-state index contributed by atoms with van der Waals surface area (Å²) in [5.41, 5.74) is 1.68. The Balaban J connectivity index is 1.78. The molecule has 3 nitrogen and oxygen atoms in total. The van der Waals surface area contributed by atoms with Crippen molar-refractivity contribution in [1.82, 2.24) is 5.32 Å². The SMILES string of the molecule is CC1(C(=O)NC2c3ccccc3CC2Cl)CCCO1. The minimum Gasteiger partial charge on any atom is -0.365 e. The van der Waals surface area contributed by atoms with E-state index in [1.165, 1.54) is 5.56 Å². The molecule has 102 valence electrons. The molecule has 1 aliphatic heterocycles. The molecule has 1 amide bonds. The summed E-state index contributed by atoms with van der Waals surface area (Å²) in [6, 6.07) is 8.01. The molecule has 3 rings (SSSR count). The van der Waals surface area contributed by atoms with E-state index in [2.05, 4.69) is 11.4 Å². The summed E-state index contributed by atoms with van der Waals surface area (Å²) >= 11 is 6.38. The molecule has 3 atom stereocenters. The maximum atomic E-state index is 12.4. The van der Waals surface area contributed by atoms with Gasteiger partial charge in [-0.3, -0.25) is 4.79 Å². The van der Waals surface area contributed by atoms with E-state index < -0.39 is 5.60 Å². The average Bonchev–Trinajstić information content (AvgIpc) is 2.96. The smallest absolute Gasteiger partial charge is 0.252 e. The van der Waals surface area contributed by atoms with Crippen molar-refractivity contribution in [3.63, 3.8) is 0 Å². The number of hydrogen-bond acceptors (Lipinski definition) is 2. The molecule has 4 heteroatoms. The number of carbonyl (C=O) groups excluding carboxylic acids is 1. The van der Waals surface area contributed by atoms with E-state index in [0.29, 0.717) is 6.61 Å². The summed E-state index contributed by atoms with van der Waals surface area (Å²) in [6.45, 7) is 2.52. The van der Waals surface area contributed by atoms with Crippen LogP contribution in [0.25, 0.3) is 0 Å². The van der Waals surface area contributed by atoms with Crippen molar-refractivity contribution >= 4 is 17.5 Å². The van der Waals surface area contributed by atoms with E-state index in [4.69, 9.17) is 16.3 Å². The standard InChI is InChI=1S/C15H18ClNO2/c1-15(7-4-8-19-15)14(18)17-13-11-6-3-2-5-10(11)9-12(13)16/h2-3,5-6,12-13H,4,7-9H2,1H3,(H,17,18). The summed E-state index contributed by atoms with van der Waals surface area (Å²) in [6.07, 6.45) is 2.52. The van der Waals surface area contributed by atoms with Crippen molar-refractivity contribution in [2.75, 3.05) is 6.61 Å². The molecular weight excluding hydrogens is 262 g/mol. The Kier molecular flexibility index (Phi) is 3.27. The predicted octanol–water partition coefficient (Wildman–Crippen LogP) is 2.58. The lowest BCUT2D eigenvalue weighted by atomic mass is 10.0. The number of amides is 1. The largest absolute Gasteiger partial charge is 0.365 e. The Morgan fingerprint density at radius 3 is 3.00 bits per heavy atom. The quantitative estimate of drug-likeness (QED) is 0.845. The molecule has 0 aromatic heterocycles. The first kappa shape index (κ1) is 12.9. The lowest BCUT2D eigenvalue weighted by molar-refractivity contribution is -0.140. The molecule has 19 heavy (non-hydrogen) atoms. The number of fused-ring (bicyclic) bond motifs is 1. The van der Waals surface area contributed by atoms with Crippen LogP contribution in [0.4, 0.5) is 0 Å². The van der Waals surface area contributed by atoms with Crippen molar-refractivity contribution in [2.24, 2.45) is 0 Å². The van der Waals surface area contributed by atoms with Gasteiger partial charge in [-0.25, -0.2) is 0 Å². The minimum absolute atomic E-state index is 0.0441. The van der Waals surface area contributed by atoms with Gasteiger partial charge in [0.25, 0.3) is 5.91 Å². The number of nitrogens with one attached hydrogen (secondary N) is 1. The number of ether oxygens (including phenoxy) is 1. The topological polar surface area (TPSA) is 38.3 Å². The number of alkyl halides is 1. The molecule has 3 unspecified atom stereocenters. The third kappa shape index (κ3) is 2.26. The minimum atomic E-state index is -0.686. The van der Waals surface area contributed by atoms with Crippen LogP contribution in [0.2, 0.25) is 0 Å². The highest BCUT2D eigenvalue weighted by Gasteiger charge is 2.41. The Morgan fingerprint density at radius 2 is 2.26 bits per heavy atom. The van der Waals surface area contributed by atoms with Crippen LogP contribution in [0.15, 0.2) is 24.3 Å². The van der Waals surface area contributed by atoms with Crippen molar-refractivity contribution in [1.29, 1.82) is 0 Å². The van der Waals surface area contributed by atoms with Crippen molar-refractivity contribution in [3.05, 3.63) is 35.4 Å². The lowest BCUT2D eigenvalue weighted by Gasteiger charge is -2.26. The van der Waals surface area contributed by atoms with E-state index in [-0.39, 0.29) is 17.3 Å². The second kappa shape index (κ2) is 4.80. The van der Waals surface area contributed by atoms with Crippen LogP contribution < -0.4 is 5.32 Å². The second-order valence-corrected chi connectivity index (χ2v) is 6.11. The molecule has 0 radical (unpaired) electrons. The fraction of sp³-hybridized carbons (Fsp3) is 0.533. The number of rotatable bonds is 2. The van der Waals surface area contributed by atoms with E-state index in [1.54, 1.807) is 0 Å². The fourth-order valence-corrected chi connectivity index (χ4v) is 3.33. The molecule has 1 fully saturated rings. The zero-order valence-electron chi connectivity index (χ0n) is 11.0. The van der Waals surface area contributed by atoms with Crippen LogP contribution in [0.3, 0.4) is 0 Å². The molecule has 0 saturated carbocycles. The molecular formula is C15H18ClNO2. The van der Waals surface area contributed by atoms with Gasteiger partial charge in [0.2, 0.25) is 0 Å². The normalized spacial score (nSPS) is 33.2. The highest BCUT2D eigenvalue weighted by Crippen LogP contribution is 2.36. The maximum Gasteiger partial charge on any atom is 0.252 e. The van der Waals surface area contributed by atoms with Crippen molar-refractivity contribution in [3.8, 4) is 0 Å². The van der Waals surface area contributed by atoms with Crippen LogP contribution >= 0.6 is 11.6 Å². The van der Waals surface area contributed by atoms with Gasteiger partial charge in [-0.1, -0.05) is 24.3 Å². The second-order valence-electron chi connectivity index (χ2n) is 5.55. The van der Waals surface area contributed by atoms with E-state index >= 15 is 0 Å². The Hall–Kier alpha value is -1.06. The van der Waals surface area contributed by atoms with E-state index in [0.717, 1.165) is 24.8 Å². The highest BCUT2D eigenvalue weighted by molar-refractivity contribution is 6.21. The molecule has 2 aliphatic rings. The molecule has 1 aliphatic carbocycles. The Morgan fingerprint density at radius 1 is 1.47 bits per heavy atom. The summed E-state index contributed by atoms with van der Waals surface area (Å²) in [4.78, 5) is 12.4. The molecule has 0 bridgehead atoms. The molecule has 1 heterocycles. The van der Waals surface area contributed by atoms with Gasteiger partial charge in [-0.2, -0.15) is 0 Å². The lowest BCUT2D eigenvalue weighted by Crippen LogP contribution is -2.46.